The molecule has 4 rings (SSSR count). The predicted molar refractivity (Wildman–Crippen MR) is 132 cm³/mol. The second-order valence-corrected chi connectivity index (χ2v) is 8.37. The minimum Gasteiger partial charge on any atom is -0.504 e. The monoisotopic (exact) mass is 444 g/mol. The Morgan fingerprint density at radius 2 is 1.59 bits per heavy atom. The molecule has 1 heterocycles. The van der Waals surface area contributed by atoms with Crippen molar-refractivity contribution in [2.75, 3.05) is 4.90 Å². The summed E-state index contributed by atoms with van der Waals surface area (Å²) in [5.41, 5.74) is 4.44. The van der Waals surface area contributed by atoms with Crippen LogP contribution in [-0.4, -0.2) is 21.3 Å². The highest BCUT2D eigenvalue weighted by Gasteiger charge is 2.35. The van der Waals surface area contributed by atoms with Crippen LogP contribution in [0.4, 0.5) is 11.4 Å². The number of carbonyl (C=O) groups is 1. The summed E-state index contributed by atoms with van der Waals surface area (Å²) in [6.45, 7) is 4.14. The van der Waals surface area contributed by atoms with Gasteiger partial charge in [-0.15, -0.1) is 0 Å². The molecule has 1 amide bonds. The highest BCUT2D eigenvalue weighted by atomic mass is 32.2. The third-order valence-corrected chi connectivity index (χ3v) is 6.27. The number of aliphatic imine (C=N–C) groups is 1. The van der Waals surface area contributed by atoms with Crippen molar-refractivity contribution in [1.82, 2.24) is 0 Å². The summed E-state index contributed by atoms with van der Waals surface area (Å²) in [6.07, 6.45) is 3.34. The SMILES string of the molecule is CCc1ccccc1N=C1S/C(=C/c2ccc(O)c(O)c2)C(=O)N1c1ccccc1CC. The Balaban J connectivity index is 1.84. The number of phenolic OH excluding ortho intramolecular Hbond substituents is 2. The molecule has 2 N–H and O–H groups in total. The number of anilines is 1. The number of nitrogens with zero attached hydrogens (tertiary/aromatic N) is 2. The van der Waals surface area contributed by atoms with Crippen molar-refractivity contribution >= 4 is 40.3 Å². The maximum absolute atomic E-state index is 13.5. The Hall–Kier alpha value is -3.51. The fourth-order valence-electron chi connectivity index (χ4n) is 3.59. The van der Waals surface area contributed by atoms with Crippen LogP contribution >= 0.6 is 11.8 Å². The molecule has 0 bridgehead atoms. The lowest BCUT2D eigenvalue weighted by Crippen LogP contribution is -2.29. The molecule has 0 atom stereocenters. The molecule has 0 radical (unpaired) electrons. The summed E-state index contributed by atoms with van der Waals surface area (Å²) in [4.78, 5) is 20.6. The first-order valence-corrected chi connectivity index (χ1v) is 11.3. The van der Waals surface area contributed by atoms with Crippen molar-refractivity contribution in [2.45, 2.75) is 26.7 Å². The number of para-hydroxylation sites is 2. The highest BCUT2D eigenvalue weighted by molar-refractivity contribution is 8.19. The summed E-state index contributed by atoms with van der Waals surface area (Å²) in [5.74, 6) is -0.598. The minimum absolute atomic E-state index is 0.170. The first-order valence-electron chi connectivity index (χ1n) is 10.5. The highest BCUT2D eigenvalue weighted by Crippen LogP contribution is 2.39. The fraction of sp³-hybridized carbons (Fsp3) is 0.154. The minimum atomic E-state index is -0.228. The largest absolute Gasteiger partial charge is 0.504 e. The normalized spacial score (nSPS) is 16.3. The molecule has 1 fully saturated rings. The lowest BCUT2D eigenvalue weighted by atomic mass is 10.1. The number of aryl methyl sites for hydroxylation is 2. The van der Waals surface area contributed by atoms with Gasteiger partial charge in [0.1, 0.15) is 0 Å². The molecule has 3 aromatic rings. The Morgan fingerprint density at radius 1 is 0.906 bits per heavy atom. The van der Waals surface area contributed by atoms with E-state index in [0.717, 1.165) is 35.3 Å². The van der Waals surface area contributed by atoms with Crippen molar-refractivity contribution in [3.8, 4) is 11.5 Å². The van der Waals surface area contributed by atoms with Gasteiger partial charge in [-0.2, -0.15) is 0 Å². The van der Waals surface area contributed by atoms with Gasteiger partial charge in [-0.1, -0.05) is 56.3 Å². The summed E-state index contributed by atoms with van der Waals surface area (Å²) < 4.78 is 0. The number of hydrogen-bond donors (Lipinski definition) is 2. The smallest absolute Gasteiger partial charge is 0.271 e. The van der Waals surface area contributed by atoms with Crippen LogP contribution in [0, 0.1) is 0 Å². The van der Waals surface area contributed by atoms with Crippen molar-refractivity contribution in [2.24, 2.45) is 4.99 Å². The maximum Gasteiger partial charge on any atom is 0.271 e. The van der Waals surface area contributed by atoms with Crippen molar-refractivity contribution < 1.29 is 15.0 Å². The standard InChI is InChI=1S/C26H24N2O3S/c1-3-18-9-5-7-11-20(18)27-26-28(21-12-8-6-10-19(21)4-2)25(31)24(32-26)16-17-13-14-22(29)23(30)15-17/h5-16,29-30H,3-4H2,1-2H3/b24-16+,27-26?. The molecule has 0 spiro atoms. The first kappa shape index (κ1) is 21.7. The van der Waals surface area contributed by atoms with Crippen molar-refractivity contribution in [3.63, 3.8) is 0 Å². The topological polar surface area (TPSA) is 73.1 Å². The number of hydrogen-bond acceptors (Lipinski definition) is 5. The van der Waals surface area contributed by atoms with Crippen LogP contribution in [-0.2, 0) is 17.6 Å². The molecule has 0 unspecified atom stereocenters. The quantitative estimate of drug-likeness (QED) is 0.372. The predicted octanol–water partition coefficient (Wildman–Crippen LogP) is 6.03. The van der Waals surface area contributed by atoms with E-state index in [0.29, 0.717) is 15.6 Å². The van der Waals surface area contributed by atoms with Gasteiger partial charge in [0, 0.05) is 0 Å². The Bertz CT molecular complexity index is 1230. The van der Waals surface area contributed by atoms with Gasteiger partial charge in [0.25, 0.3) is 5.91 Å². The van der Waals surface area contributed by atoms with Gasteiger partial charge in [0.15, 0.2) is 16.7 Å². The number of aromatic hydroxyl groups is 2. The molecule has 162 valence electrons. The average Bonchev–Trinajstić information content (AvgIpc) is 3.10. The molecule has 0 aromatic heterocycles. The molecule has 1 saturated heterocycles. The van der Waals surface area contributed by atoms with Gasteiger partial charge >= 0.3 is 0 Å². The van der Waals surface area contributed by atoms with Gasteiger partial charge in [0.05, 0.1) is 16.3 Å². The van der Waals surface area contributed by atoms with E-state index >= 15 is 0 Å². The lowest BCUT2D eigenvalue weighted by molar-refractivity contribution is -0.113. The molecular weight excluding hydrogens is 420 g/mol. The maximum atomic E-state index is 13.5. The number of rotatable bonds is 5. The summed E-state index contributed by atoms with van der Waals surface area (Å²) >= 11 is 1.30. The van der Waals surface area contributed by atoms with E-state index in [9.17, 15) is 15.0 Å². The van der Waals surface area contributed by atoms with E-state index in [1.807, 2.05) is 48.5 Å². The van der Waals surface area contributed by atoms with Gasteiger partial charge in [0.2, 0.25) is 0 Å². The fourth-order valence-corrected chi connectivity index (χ4v) is 4.58. The molecule has 32 heavy (non-hydrogen) atoms. The van der Waals surface area contributed by atoms with E-state index in [1.165, 1.54) is 23.9 Å². The zero-order chi connectivity index (χ0) is 22.7. The summed E-state index contributed by atoms with van der Waals surface area (Å²) in [6, 6.07) is 20.3. The van der Waals surface area contributed by atoms with Gasteiger partial charge in [-0.25, -0.2) is 4.99 Å². The van der Waals surface area contributed by atoms with Gasteiger partial charge < -0.3 is 10.2 Å². The average molecular weight is 445 g/mol. The number of phenols is 2. The van der Waals surface area contributed by atoms with Gasteiger partial charge in [-0.05, 0) is 71.6 Å². The van der Waals surface area contributed by atoms with Crippen molar-refractivity contribution in [1.29, 1.82) is 0 Å². The van der Waals surface area contributed by atoms with E-state index in [4.69, 9.17) is 4.99 Å². The summed E-state index contributed by atoms with van der Waals surface area (Å²) in [7, 11) is 0. The van der Waals surface area contributed by atoms with Crippen molar-refractivity contribution in [3.05, 3.63) is 88.3 Å². The first-order chi connectivity index (χ1) is 15.5. The Labute approximate surface area is 191 Å². The molecule has 0 saturated carbocycles. The third kappa shape index (κ3) is 4.27. The molecule has 0 aliphatic carbocycles. The molecular formula is C26H24N2O3S. The Kier molecular flexibility index (Phi) is 6.32. The molecule has 5 nitrogen and oxygen atoms in total. The van der Waals surface area contributed by atoms with E-state index in [2.05, 4.69) is 13.8 Å². The van der Waals surface area contributed by atoms with Crippen LogP contribution in [0.3, 0.4) is 0 Å². The molecule has 1 aliphatic heterocycles. The van der Waals surface area contributed by atoms with E-state index in [1.54, 1.807) is 17.0 Å². The second kappa shape index (κ2) is 9.32. The van der Waals surface area contributed by atoms with Crippen LogP contribution in [0.15, 0.2) is 76.6 Å². The number of carbonyl (C=O) groups excluding carboxylic acids is 1. The van der Waals surface area contributed by atoms with Crippen LogP contribution in [0.25, 0.3) is 6.08 Å². The second-order valence-electron chi connectivity index (χ2n) is 7.36. The third-order valence-electron chi connectivity index (χ3n) is 5.31. The van der Waals surface area contributed by atoms with Crippen LogP contribution in [0.5, 0.6) is 11.5 Å². The number of thioether (sulfide) groups is 1. The molecule has 3 aromatic carbocycles. The van der Waals surface area contributed by atoms with E-state index in [-0.39, 0.29) is 17.4 Å². The van der Waals surface area contributed by atoms with Crippen LogP contribution < -0.4 is 4.90 Å². The summed E-state index contributed by atoms with van der Waals surface area (Å²) in [5, 5.41) is 20.0. The van der Waals surface area contributed by atoms with E-state index < -0.39 is 0 Å². The number of amides is 1. The Morgan fingerprint density at radius 3 is 2.31 bits per heavy atom. The zero-order valence-electron chi connectivity index (χ0n) is 17.9. The van der Waals surface area contributed by atoms with Crippen LogP contribution in [0.2, 0.25) is 0 Å². The zero-order valence-corrected chi connectivity index (χ0v) is 18.8. The number of amidine groups is 1. The van der Waals surface area contributed by atoms with Crippen LogP contribution in [0.1, 0.15) is 30.5 Å². The van der Waals surface area contributed by atoms with Gasteiger partial charge in [-0.3, -0.25) is 9.69 Å². The lowest BCUT2D eigenvalue weighted by Gasteiger charge is -2.19. The molecule has 6 heteroatoms. The molecule has 1 aliphatic rings. The number of benzene rings is 3.